The van der Waals surface area contributed by atoms with Gasteiger partial charge in [-0.25, -0.2) is 12.1 Å². The van der Waals surface area contributed by atoms with E-state index in [2.05, 4.69) is 85.7 Å². The van der Waals surface area contributed by atoms with Gasteiger partial charge < -0.3 is 0 Å². The monoisotopic (exact) mass is 514 g/mol. The van der Waals surface area contributed by atoms with Gasteiger partial charge in [-0.1, -0.05) is 75.9 Å². The summed E-state index contributed by atoms with van der Waals surface area (Å²) in [7, 11) is 0. The average molecular weight is 516 g/mol. The summed E-state index contributed by atoms with van der Waals surface area (Å²) in [6.45, 7) is 18.3. The Labute approximate surface area is 216 Å². The van der Waals surface area contributed by atoms with Crippen molar-refractivity contribution in [1.29, 1.82) is 0 Å². The molecule has 0 aromatic heterocycles. The first-order chi connectivity index (χ1) is 15.4. The van der Waals surface area contributed by atoms with Crippen LogP contribution < -0.4 is 0 Å². The minimum Gasteiger partial charge on any atom is -0.214 e. The fraction of sp³-hybridized carbons (Fsp3) is 0.406. The Kier molecular flexibility index (Phi) is 8.16. The zero-order chi connectivity index (χ0) is 24.4. The fourth-order valence-corrected chi connectivity index (χ4v) is 5.49. The number of rotatable bonds is 0. The molecule has 0 N–H and O–H groups in total. The third-order valence-corrected chi connectivity index (χ3v) is 7.75. The van der Waals surface area contributed by atoms with Gasteiger partial charge in [0.25, 0.3) is 0 Å². The average Bonchev–Trinajstić information content (AvgIpc) is 3.34. The van der Waals surface area contributed by atoms with Crippen LogP contribution in [-0.2, 0) is 35.1 Å². The van der Waals surface area contributed by atoms with Crippen molar-refractivity contribution in [3.63, 3.8) is 0 Å². The maximum absolute atomic E-state index is 2.43. The molecule has 172 valence electrons. The molecule has 0 unspecified atom stereocenters. The smallest absolute Gasteiger partial charge is 0.172 e. The normalized spacial score (nSPS) is 13.8. The largest absolute Gasteiger partial charge is 0.214 e. The van der Waals surface area contributed by atoms with Gasteiger partial charge in [0.15, 0.2) is 0 Å². The van der Waals surface area contributed by atoms with Gasteiger partial charge in [0, 0.05) is 0 Å². The van der Waals surface area contributed by atoms with E-state index in [9.17, 15) is 0 Å². The molecule has 1 saturated carbocycles. The summed E-state index contributed by atoms with van der Waals surface area (Å²) in [5.74, 6) is 0. The zero-order valence-electron chi connectivity index (χ0n) is 21.9. The zero-order valence-corrected chi connectivity index (χ0v) is 24.4. The van der Waals surface area contributed by atoms with Gasteiger partial charge >= 0.3 is 46.7 Å². The molecule has 4 aromatic rings. The summed E-state index contributed by atoms with van der Waals surface area (Å²) in [5.41, 5.74) is 6.06. The number of aryl methyl sites for hydroxylation is 2. The Balaban J connectivity index is 0.000000250. The quantitative estimate of drug-likeness (QED) is 0.205. The first kappa shape index (κ1) is 26.0. The molecule has 33 heavy (non-hydrogen) atoms. The summed E-state index contributed by atoms with van der Waals surface area (Å²) in [6, 6.07) is 21.9. The Morgan fingerprint density at radius 1 is 0.697 bits per heavy atom. The summed E-state index contributed by atoms with van der Waals surface area (Å²) in [4.78, 5) is 0. The van der Waals surface area contributed by atoms with E-state index >= 15 is 0 Å². The van der Waals surface area contributed by atoms with E-state index in [0.717, 1.165) is 0 Å². The van der Waals surface area contributed by atoms with Crippen LogP contribution in [0.1, 0.15) is 83.1 Å². The van der Waals surface area contributed by atoms with Gasteiger partial charge in [0.05, 0.1) is 0 Å². The van der Waals surface area contributed by atoms with Crippen molar-refractivity contribution in [2.45, 2.75) is 85.5 Å². The molecule has 1 aliphatic rings. The molecule has 1 aliphatic carbocycles. The molecule has 5 rings (SSSR count). The van der Waals surface area contributed by atoms with Crippen LogP contribution in [-0.4, -0.2) is 3.21 Å². The van der Waals surface area contributed by atoms with Gasteiger partial charge in [-0.05, 0) is 24.7 Å². The Hall–Kier alpha value is -1.59. The van der Waals surface area contributed by atoms with E-state index in [-0.39, 0.29) is 10.8 Å². The van der Waals surface area contributed by atoms with E-state index in [0.29, 0.717) is 0 Å². The van der Waals surface area contributed by atoms with Crippen molar-refractivity contribution in [1.82, 2.24) is 0 Å². The molecule has 1 heteroatoms. The molecule has 0 nitrogen and oxygen atoms in total. The third kappa shape index (κ3) is 6.51. The van der Waals surface area contributed by atoms with Crippen LogP contribution in [0.5, 0.6) is 0 Å². The number of benzene rings is 2. The van der Waals surface area contributed by atoms with Gasteiger partial charge in [0.2, 0.25) is 0 Å². The fourth-order valence-electron chi connectivity index (χ4n) is 4.62. The van der Waals surface area contributed by atoms with Crippen molar-refractivity contribution in [2.75, 3.05) is 0 Å². The second kappa shape index (κ2) is 10.4. The van der Waals surface area contributed by atoms with Crippen LogP contribution in [0.25, 0.3) is 21.5 Å². The molecule has 4 aromatic carbocycles. The minimum atomic E-state index is 0.180. The van der Waals surface area contributed by atoms with E-state index in [1.54, 1.807) is 27.4 Å². The first-order valence-corrected chi connectivity index (χ1v) is 13.5. The summed E-state index contributed by atoms with van der Waals surface area (Å²) >= 11 is 1.67. The van der Waals surface area contributed by atoms with Crippen molar-refractivity contribution in [2.24, 2.45) is 0 Å². The first-order valence-electron chi connectivity index (χ1n) is 12.3. The topological polar surface area (TPSA) is 0 Å². The Morgan fingerprint density at radius 3 is 1.33 bits per heavy atom. The van der Waals surface area contributed by atoms with E-state index in [4.69, 9.17) is 0 Å². The van der Waals surface area contributed by atoms with Crippen molar-refractivity contribution < 1.29 is 24.2 Å². The standard InChI is InChI=1S/C23H29.C5H5.C4H6.Zr/c1-14-9-16-11-17-10-15(2)21(23(6,7)8)13-19(17)18(16)12-20(14)22(3,4)5;1-2-4-5-3-1;1-2-4-3-1;/h9-13H,1-8H3;1-5H;1-3H2;/q2*-1;;+2. The molecule has 0 saturated heterocycles. The molecule has 0 bridgehead atoms. The molecular weight excluding hydrogens is 476 g/mol. The van der Waals surface area contributed by atoms with Gasteiger partial charge in [-0.2, -0.15) is 18.2 Å². The van der Waals surface area contributed by atoms with Gasteiger partial charge in [-0.3, -0.25) is 0 Å². The van der Waals surface area contributed by atoms with Crippen LogP contribution in [0.4, 0.5) is 0 Å². The van der Waals surface area contributed by atoms with E-state index in [1.165, 1.54) is 63.1 Å². The predicted octanol–water partition coefficient (Wildman–Crippen LogP) is 9.22. The molecular formula is C32H40Zr. The Bertz CT molecular complexity index is 1120. The van der Waals surface area contributed by atoms with Gasteiger partial charge in [0.1, 0.15) is 0 Å². The second-order valence-corrected chi connectivity index (χ2v) is 13.3. The maximum atomic E-state index is 2.43. The third-order valence-electron chi connectivity index (χ3n) is 6.52. The summed E-state index contributed by atoms with van der Waals surface area (Å²) < 4.78 is 1.78. The maximum Gasteiger partial charge on any atom is -0.172 e. The molecule has 0 heterocycles. The number of hydrogen-bond donors (Lipinski definition) is 0. The predicted molar refractivity (Wildman–Crippen MR) is 145 cm³/mol. The Morgan fingerprint density at radius 2 is 1.09 bits per heavy atom. The molecule has 0 amide bonds. The molecule has 0 radical (unpaired) electrons. The number of fused-ring (bicyclic) bond motifs is 3. The SMILES string of the molecule is Cc1cc2[cH-]c3cc(C)c(C(C)(C)C)cc3c2cc1C(C)(C)C.[Zr+2]=[C]1CCC1.c1cc[cH-]c1. The van der Waals surface area contributed by atoms with Crippen LogP contribution in [0.3, 0.4) is 0 Å². The van der Waals surface area contributed by atoms with Crippen molar-refractivity contribution >= 4 is 24.8 Å². The summed E-state index contributed by atoms with van der Waals surface area (Å²) in [6.07, 6.45) is 4.36. The van der Waals surface area contributed by atoms with Crippen LogP contribution in [0, 0.1) is 13.8 Å². The van der Waals surface area contributed by atoms with Crippen molar-refractivity contribution in [3.05, 3.63) is 82.9 Å². The van der Waals surface area contributed by atoms with Crippen LogP contribution in [0.2, 0.25) is 0 Å². The minimum absolute atomic E-state index is 0.180. The van der Waals surface area contributed by atoms with Crippen LogP contribution in [0.15, 0.2) is 60.7 Å². The van der Waals surface area contributed by atoms with Crippen LogP contribution >= 0.6 is 0 Å². The summed E-state index contributed by atoms with van der Waals surface area (Å²) in [5, 5.41) is 5.55. The number of hydrogen-bond acceptors (Lipinski definition) is 0. The van der Waals surface area contributed by atoms with E-state index < -0.39 is 0 Å². The molecule has 0 spiro atoms. The van der Waals surface area contributed by atoms with Crippen molar-refractivity contribution in [3.8, 4) is 0 Å². The molecule has 0 atom stereocenters. The molecule has 0 aliphatic heterocycles. The van der Waals surface area contributed by atoms with Gasteiger partial charge in [-0.15, -0.1) is 39.7 Å². The second-order valence-electron chi connectivity index (χ2n) is 11.6. The van der Waals surface area contributed by atoms with E-state index in [1.807, 2.05) is 30.3 Å². The molecule has 1 fully saturated rings.